The van der Waals surface area contributed by atoms with Crippen LogP contribution in [0.1, 0.15) is 38.2 Å². The Morgan fingerprint density at radius 3 is 2.72 bits per heavy atom. The van der Waals surface area contributed by atoms with Gasteiger partial charge in [0, 0.05) is 39.8 Å². The molecular formula is C21H34ClIN4O2. The van der Waals surface area contributed by atoms with Crippen molar-refractivity contribution in [3.63, 3.8) is 0 Å². The Morgan fingerprint density at radius 2 is 2.07 bits per heavy atom. The molecule has 29 heavy (non-hydrogen) atoms. The molecule has 0 aromatic heterocycles. The van der Waals surface area contributed by atoms with Crippen molar-refractivity contribution in [1.29, 1.82) is 0 Å². The van der Waals surface area contributed by atoms with Crippen LogP contribution in [0.3, 0.4) is 0 Å². The maximum Gasteiger partial charge on any atom is 0.226 e. The number of hydrogen-bond donors (Lipinski definition) is 2. The average Bonchev–Trinajstić information content (AvgIpc) is 2.68. The van der Waals surface area contributed by atoms with Gasteiger partial charge in [-0.3, -0.25) is 9.79 Å². The quantitative estimate of drug-likeness (QED) is 0.295. The molecule has 0 bridgehead atoms. The maximum atomic E-state index is 12.2. The van der Waals surface area contributed by atoms with Crippen LogP contribution in [0.5, 0.6) is 0 Å². The van der Waals surface area contributed by atoms with Gasteiger partial charge in [0.1, 0.15) is 0 Å². The van der Waals surface area contributed by atoms with Gasteiger partial charge in [-0.05, 0) is 56.7 Å². The molecule has 2 N–H and O–H groups in total. The zero-order valence-electron chi connectivity index (χ0n) is 17.7. The first kappa shape index (κ1) is 26.0. The fourth-order valence-corrected chi connectivity index (χ4v) is 3.47. The molecular weight excluding hydrogens is 503 g/mol. The molecule has 0 saturated carbocycles. The highest BCUT2D eigenvalue weighted by Crippen LogP contribution is 2.22. The lowest BCUT2D eigenvalue weighted by molar-refractivity contribution is -0.116. The Hall–Kier alpha value is -1.06. The van der Waals surface area contributed by atoms with Gasteiger partial charge >= 0.3 is 0 Å². The van der Waals surface area contributed by atoms with Crippen LogP contribution in [0.15, 0.2) is 23.2 Å². The van der Waals surface area contributed by atoms with E-state index < -0.39 is 0 Å². The summed E-state index contributed by atoms with van der Waals surface area (Å²) in [6, 6.07) is 5.59. The van der Waals surface area contributed by atoms with Crippen molar-refractivity contribution < 1.29 is 9.53 Å². The zero-order chi connectivity index (χ0) is 20.4. The fraction of sp³-hybridized carbons (Fsp3) is 0.619. The molecule has 1 amide bonds. The van der Waals surface area contributed by atoms with Gasteiger partial charge in [0.2, 0.25) is 5.91 Å². The van der Waals surface area contributed by atoms with E-state index in [9.17, 15) is 4.79 Å². The second-order valence-electron chi connectivity index (χ2n) is 7.28. The minimum atomic E-state index is -0.0878. The van der Waals surface area contributed by atoms with Gasteiger partial charge in [-0.1, -0.05) is 17.7 Å². The van der Waals surface area contributed by atoms with Gasteiger partial charge in [0.05, 0.1) is 17.3 Å². The van der Waals surface area contributed by atoms with Crippen LogP contribution in [-0.2, 0) is 9.53 Å². The standard InChI is InChI=1S/C21H33ClN4O2.HI/c1-4-23-21(26(3)12-8-17-9-13-28-14-10-17)24-11-7-20(27)25-19-6-5-16(2)15-18(19)22;/h5-6,15,17H,4,7-14H2,1-3H3,(H,23,24)(H,25,27);1H. The van der Waals surface area contributed by atoms with Gasteiger partial charge < -0.3 is 20.3 Å². The number of rotatable bonds is 8. The molecule has 0 spiro atoms. The molecule has 1 aliphatic rings. The van der Waals surface area contributed by atoms with Crippen molar-refractivity contribution in [2.75, 3.05) is 45.2 Å². The summed E-state index contributed by atoms with van der Waals surface area (Å²) in [4.78, 5) is 19.0. The molecule has 1 heterocycles. The number of halogens is 2. The molecule has 1 aliphatic heterocycles. The number of ether oxygens (including phenoxy) is 1. The van der Waals surface area contributed by atoms with E-state index in [0.717, 1.165) is 63.0 Å². The van der Waals surface area contributed by atoms with Gasteiger partial charge in [-0.25, -0.2) is 0 Å². The molecule has 2 rings (SSSR count). The monoisotopic (exact) mass is 536 g/mol. The number of carbonyl (C=O) groups is 1. The van der Waals surface area contributed by atoms with Gasteiger partial charge in [0.15, 0.2) is 5.96 Å². The van der Waals surface area contributed by atoms with Gasteiger partial charge in [0.25, 0.3) is 0 Å². The first-order valence-corrected chi connectivity index (χ1v) is 10.5. The summed E-state index contributed by atoms with van der Waals surface area (Å²) >= 11 is 6.17. The molecule has 0 unspecified atom stereocenters. The first-order valence-electron chi connectivity index (χ1n) is 10.1. The molecule has 1 saturated heterocycles. The summed E-state index contributed by atoms with van der Waals surface area (Å²) in [5, 5.41) is 6.72. The van der Waals surface area contributed by atoms with E-state index >= 15 is 0 Å². The predicted octanol–water partition coefficient (Wildman–Crippen LogP) is 4.31. The molecule has 164 valence electrons. The van der Waals surface area contributed by atoms with Crippen molar-refractivity contribution in [2.24, 2.45) is 10.9 Å². The minimum absolute atomic E-state index is 0. The molecule has 8 heteroatoms. The lowest BCUT2D eigenvalue weighted by Gasteiger charge is -2.26. The van der Waals surface area contributed by atoms with Crippen LogP contribution < -0.4 is 10.6 Å². The first-order chi connectivity index (χ1) is 13.5. The highest BCUT2D eigenvalue weighted by atomic mass is 127. The Bertz CT molecular complexity index is 666. The summed E-state index contributed by atoms with van der Waals surface area (Å²) < 4.78 is 5.43. The number of anilines is 1. The molecule has 0 aliphatic carbocycles. The molecule has 6 nitrogen and oxygen atoms in total. The smallest absolute Gasteiger partial charge is 0.226 e. The van der Waals surface area contributed by atoms with Crippen LogP contribution in [0.2, 0.25) is 5.02 Å². The van der Waals surface area contributed by atoms with E-state index in [0.29, 0.717) is 23.7 Å². The van der Waals surface area contributed by atoms with Crippen LogP contribution in [0.4, 0.5) is 5.69 Å². The Labute approximate surface area is 196 Å². The lowest BCUT2D eigenvalue weighted by Crippen LogP contribution is -2.40. The number of nitrogens with one attached hydrogen (secondary N) is 2. The fourth-order valence-electron chi connectivity index (χ4n) is 3.18. The number of amides is 1. The number of aryl methyl sites for hydroxylation is 1. The average molecular weight is 537 g/mol. The number of nitrogens with zero attached hydrogens (tertiary/aromatic N) is 2. The van der Waals surface area contributed by atoms with Crippen LogP contribution in [-0.4, -0.2) is 56.7 Å². The summed E-state index contributed by atoms with van der Waals surface area (Å²) in [7, 11) is 2.05. The topological polar surface area (TPSA) is 66.0 Å². The van der Waals surface area contributed by atoms with Crippen LogP contribution in [0.25, 0.3) is 0 Å². The van der Waals surface area contributed by atoms with Crippen LogP contribution in [0, 0.1) is 12.8 Å². The third kappa shape index (κ3) is 9.53. The summed E-state index contributed by atoms with van der Waals surface area (Å²) in [5.74, 6) is 1.48. The van der Waals surface area contributed by atoms with Gasteiger partial charge in [-0.2, -0.15) is 0 Å². The van der Waals surface area contributed by atoms with E-state index in [1.807, 2.05) is 39.1 Å². The second-order valence-corrected chi connectivity index (χ2v) is 7.69. The number of aliphatic imine (C=N–C) groups is 1. The van der Waals surface area contributed by atoms with Crippen LogP contribution >= 0.6 is 35.6 Å². The minimum Gasteiger partial charge on any atom is -0.381 e. The predicted molar refractivity (Wildman–Crippen MR) is 132 cm³/mol. The van der Waals surface area contributed by atoms with E-state index in [1.54, 1.807) is 0 Å². The molecule has 1 aromatic rings. The Morgan fingerprint density at radius 1 is 1.34 bits per heavy atom. The van der Waals surface area contributed by atoms with E-state index in [4.69, 9.17) is 16.3 Å². The second kappa shape index (κ2) is 14.0. The highest BCUT2D eigenvalue weighted by molar-refractivity contribution is 14.0. The number of carbonyl (C=O) groups excluding carboxylic acids is 1. The normalized spacial score (nSPS) is 14.8. The summed E-state index contributed by atoms with van der Waals surface area (Å²) in [6.45, 7) is 7.94. The highest BCUT2D eigenvalue weighted by Gasteiger charge is 2.15. The lowest BCUT2D eigenvalue weighted by atomic mass is 9.96. The number of benzene rings is 1. The third-order valence-electron chi connectivity index (χ3n) is 4.91. The Balaban J connectivity index is 0.00000420. The van der Waals surface area contributed by atoms with Crippen molar-refractivity contribution >= 4 is 53.1 Å². The van der Waals surface area contributed by atoms with Crippen molar-refractivity contribution in [2.45, 2.75) is 39.5 Å². The van der Waals surface area contributed by atoms with Crippen molar-refractivity contribution in [3.8, 4) is 0 Å². The largest absolute Gasteiger partial charge is 0.381 e. The SMILES string of the molecule is CCNC(=NCCC(=O)Nc1ccc(C)cc1Cl)N(C)CCC1CCOCC1.I. The van der Waals surface area contributed by atoms with E-state index in [1.165, 1.54) is 0 Å². The molecule has 0 atom stereocenters. The van der Waals surface area contributed by atoms with E-state index in [-0.39, 0.29) is 29.9 Å². The number of guanidine groups is 1. The van der Waals surface area contributed by atoms with E-state index in [2.05, 4.69) is 20.5 Å². The van der Waals surface area contributed by atoms with Gasteiger partial charge in [-0.15, -0.1) is 24.0 Å². The molecule has 1 fully saturated rings. The Kier molecular flexibility index (Phi) is 12.6. The van der Waals surface area contributed by atoms with Crippen molar-refractivity contribution in [1.82, 2.24) is 10.2 Å². The molecule has 1 aromatic carbocycles. The number of hydrogen-bond acceptors (Lipinski definition) is 3. The third-order valence-corrected chi connectivity index (χ3v) is 5.22. The van der Waals surface area contributed by atoms with Crippen molar-refractivity contribution in [3.05, 3.63) is 28.8 Å². The molecule has 0 radical (unpaired) electrons. The maximum absolute atomic E-state index is 12.2. The zero-order valence-corrected chi connectivity index (χ0v) is 20.8. The summed E-state index contributed by atoms with van der Waals surface area (Å²) in [5.41, 5.74) is 1.70. The summed E-state index contributed by atoms with van der Waals surface area (Å²) in [6.07, 6.45) is 3.73.